The van der Waals surface area contributed by atoms with E-state index in [9.17, 15) is 28.9 Å². The van der Waals surface area contributed by atoms with E-state index < -0.39 is 56.9 Å². The van der Waals surface area contributed by atoms with Crippen LogP contribution in [0.5, 0.6) is 0 Å². The molecule has 0 aromatic carbocycles. The lowest BCUT2D eigenvalue weighted by atomic mass is 10.1. The minimum atomic E-state index is -5.11. The Balaban J connectivity index is 2.39. The molecule has 2 rings (SSSR count). The molecule has 0 spiro atoms. The van der Waals surface area contributed by atoms with E-state index in [1.165, 1.54) is 22.9 Å². The first-order valence-corrected chi connectivity index (χ1v) is 9.38. The minimum absolute atomic E-state index is 0.212. The van der Waals surface area contributed by atoms with Crippen LogP contribution in [-0.4, -0.2) is 47.7 Å². The van der Waals surface area contributed by atoms with E-state index >= 15 is 0 Å². The summed E-state index contributed by atoms with van der Waals surface area (Å²) in [6.07, 6.45) is -2.47. The topological polar surface area (TPSA) is 175 Å². The summed E-state index contributed by atoms with van der Waals surface area (Å²) >= 11 is 0. The molecule has 13 heteroatoms. The number of pyridine rings is 1. The molecule has 0 saturated carbocycles. The van der Waals surface area contributed by atoms with Gasteiger partial charge in [-0.3, -0.25) is 14.2 Å². The summed E-state index contributed by atoms with van der Waals surface area (Å²) in [5, 5.41) is 11.1. The first kappa shape index (κ1) is 21.9. The number of aromatic nitrogens is 1. The van der Waals surface area contributed by atoms with Crippen LogP contribution in [0, 0.1) is 0 Å². The van der Waals surface area contributed by atoms with Gasteiger partial charge in [-0.1, -0.05) is 0 Å². The number of hydrogen-bond donors (Lipinski definition) is 1. The summed E-state index contributed by atoms with van der Waals surface area (Å²) < 4.78 is 32.3. The van der Waals surface area contributed by atoms with Crippen molar-refractivity contribution in [1.29, 1.82) is 0 Å². The predicted octanol–water partition coefficient (Wildman–Crippen LogP) is -2.42. The first-order valence-electron chi connectivity index (χ1n) is 7.88. The van der Waals surface area contributed by atoms with E-state index in [1.54, 1.807) is 0 Å². The zero-order chi connectivity index (χ0) is 21.1. The fourth-order valence-electron chi connectivity index (χ4n) is 2.67. The van der Waals surface area contributed by atoms with Crippen LogP contribution >= 0.6 is 7.82 Å². The highest BCUT2D eigenvalue weighted by molar-refractivity contribution is 7.44. The third-order valence-corrected chi connectivity index (χ3v) is 4.12. The van der Waals surface area contributed by atoms with Crippen molar-refractivity contribution in [2.75, 3.05) is 6.61 Å². The molecule has 0 bridgehead atoms. The standard InChI is InChI=1S/C15H18NO11P/c1-8(17)25-12-11(7-24-28(21,22)23)27-14(13(12)26-9(2)18)16-5-3-4-10(6-16)15(19)20/h3-6,11-14H,7H2,1-2H3,(H2-,19,20,21,22,23)/p-1/t11-,12-,13-,14-/m1/s1. The van der Waals surface area contributed by atoms with Crippen LogP contribution < -0.4 is 14.6 Å². The van der Waals surface area contributed by atoms with E-state index in [-0.39, 0.29) is 5.56 Å². The monoisotopic (exact) mass is 418 g/mol. The number of carbonyl (C=O) groups is 3. The lowest BCUT2D eigenvalue weighted by molar-refractivity contribution is -0.765. The molecule has 1 unspecified atom stereocenters. The number of aromatic carboxylic acids is 1. The fraction of sp³-hybridized carbons (Fsp3) is 0.467. The van der Waals surface area contributed by atoms with Crippen molar-refractivity contribution in [2.45, 2.75) is 38.4 Å². The summed E-state index contributed by atoms with van der Waals surface area (Å²) in [5.41, 5.74) is -0.212. The lowest BCUT2D eigenvalue weighted by Gasteiger charge is -2.23. The molecule has 5 atom stereocenters. The van der Waals surface area contributed by atoms with Gasteiger partial charge in [-0.05, 0) is 6.07 Å². The zero-order valence-corrected chi connectivity index (χ0v) is 15.6. The summed E-state index contributed by atoms with van der Waals surface area (Å²) in [7, 11) is -5.11. The van der Waals surface area contributed by atoms with Gasteiger partial charge < -0.3 is 38.4 Å². The van der Waals surface area contributed by atoms with Crippen LogP contribution in [0.15, 0.2) is 24.5 Å². The van der Waals surface area contributed by atoms with Crippen molar-refractivity contribution in [3.63, 3.8) is 0 Å². The van der Waals surface area contributed by atoms with Crippen LogP contribution in [0.3, 0.4) is 0 Å². The Hall–Kier alpha value is -2.37. The average molecular weight is 418 g/mol. The Morgan fingerprint density at radius 2 is 1.86 bits per heavy atom. The number of phosphoric ester groups is 1. The van der Waals surface area contributed by atoms with Gasteiger partial charge in [0.15, 0.2) is 18.5 Å². The number of carbonyl (C=O) groups excluding carboxylic acids is 3. The van der Waals surface area contributed by atoms with Crippen molar-refractivity contribution in [1.82, 2.24) is 0 Å². The van der Waals surface area contributed by atoms with E-state index in [0.717, 1.165) is 20.0 Å². The Labute approximate surface area is 158 Å². The number of esters is 2. The van der Waals surface area contributed by atoms with Crippen LogP contribution in [0.1, 0.15) is 30.4 Å². The second-order valence-electron chi connectivity index (χ2n) is 5.80. The maximum absolute atomic E-state index is 11.5. The highest BCUT2D eigenvalue weighted by atomic mass is 31.2. The quantitative estimate of drug-likeness (QED) is 0.283. The largest absolute Gasteiger partial charge is 0.756 e. The summed E-state index contributed by atoms with van der Waals surface area (Å²) in [4.78, 5) is 53.7. The molecule has 1 aliphatic rings. The predicted molar refractivity (Wildman–Crippen MR) is 81.8 cm³/mol. The van der Waals surface area contributed by atoms with E-state index in [1.807, 2.05) is 0 Å². The Bertz CT molecular complexity index is 807. The number of nitrogens with zero attached hydrogens (tertiary/aromatic N) is 1. The summed E-state index contributed by atoms with van der Waals surface area (Å²) in [5.74, 6) is -3.01. The zero-order valence-electron chi connectivity index (χ0n) is 14.8. The maximum atomic E-state index is 11.5. The molecule has 12 nitrogen and oxygen atoms in total. The van der Waals surface area contributed by atoms with Crippen molar-refractivity contribution in [3.05, 3.63) is 30.1 Å². The fourth-order valence-corrected chi connectivity index (χ4v) is 3.01. The van der Waals surface area contributed by atoms with Crippen molar-refractivity contribution in [2.24, 2.45) is 0 Å². The Kier molecular flexibility index (Phi) is 6.86. The molecule has 0 aliphatic carbocycles. The molecule has 1 aliphatic heterocycles. The molecule has 1 fully saturated rings. The number of carboxylic acid groups (broad SMARTS) is 1. The van der Waals surface area contributed by atoms with Gasteiger partial charge in [0.25, 0.3) is 7.82 Å². The second kappa shape index (κ2) is 8.76. The smallest absolute Gasteiger partial charge is 0.304 e. The Morgan fingerprint density at radius 1 is 1.25 bits per heavy atom. The Morgan fingerprint density at radius 3 is 2.39 bits per heavy atom. The maximum Gasteiger partial charge on any atom is 0.304 e. The number of hydrogen-bond acceptors (Lipinski definition) is 10. The van der Waals surface area contributed by atoms with Gasteiger partial charge in [-0.25, -0.2) is 0 Å². The van der Waals surface area contributed by atoms with Crippen molar-refractivity contribution < 1.29 is 57.1 Å². The molecule has 1 N–H and O–H groups in total. The van der Waals surface area contributed by atoms with E-state index in [0.29, 0.717) is 0 Å². The molecule has 0 radical (unpaired) electrons. The summed E-state index contributed by atoms with van der Waals surface area (Å²) in [6.45, 7) is 1.42. The molecule has 28 heavy (non-hydrogen) atoms. The summed E-state index contributed by atoms with van der Waals surface area (Å²) in [6, 6.07) is 2.62. The van der Waals surface area contributed by atoms with Crippen LogP contribution in [0.25, 0.3) is 0 Å². The van der Waals surface area contributed by atoms with E-state index in [2.05, 4.69) is 4.52 Å². The second-order valence-corrected chi connectivity index (χ2v) is 7.00. The van der Waals surface area contributed by atoms with Crippen molar-refractivity contribution in [3.8, 4) is 0 Å². The number of rotatable bonds is 7. The van der Waals surface area contributed by atoms with Crippen LogP contribution in [0.2, 0.25) is 0 Å². The third-order valence-electron chi connectivity index (χ3n) is 3.64. The molecule has 1 saturated heterocycles. The van der Waals surface area contributed by atoms with Gasteiger partial charge in [-0.15, -0.1) is 0 Å². The number of carboxylic acids is 1. The van der Waals surface area contributed by atoms with Gasteiger partial charge in [-0.2, -0.15) is 4.57 Å². The normalized spacial score (nSPS) is 26.3. The van der Waals surface area contributed by atoms with Crippen LogP contribution in [0.4, 0.5) is 0 Å². The van der Waals surface area contributed by atoms with Gasteiger partial charge in [0.05, 0.1) is 18.1 Å². The molecule has 0 amide bonds. The molecular weight excluding hydrogens is 401 g/mol. The first-order chi connectivity index (χ1) is 13.0. The van der Waals surface area contributed by atoms with Gasteiger partial charge in [0.1, 0.15) is 6.10 Å². The highest BCUT2D eigenvalue weighted by Gasteiger charge is 2.54. The molecule has 1 aromatic heterocycles. The molecule has 2 heterocycles. The van der Waals surface area contributed by atoms with Crippen molar-refractivity contribution >= 4 is 25.7 Å². The minimum Gasteiger partial charge on any atom is -0.756 e. The van der Waals surface area contributed by atoms with E-state index in [4.69, 9.17) is 19.1 Å². The molecule has 1 aromatic rings. The van der Waals surface area contributed by atoms with Gasteiger partial charge in [0.2, 0.25) is 6.10 Å². The van der Waals surface area contributed by atoms with Gasteiger partial charge >= 0.3 is 18.2 Å². The third kappa shape index (κ3) is 5.81. The highest BCUT2D eigenvalue weighted by Crippen LogP contribution is 2.36. The molecule has 154 valence electrons. The number of ether oxygens (including phenoxy) is 3. The lowest BCUT2D eigenvalue weighted by Crippen LogP contribution is -2.49. The number of phosphoric acid groups is 1. The van der Waals surface area contributed by atoms with Gasteiger partial charge in [0, 0.05) is 19.9 Å². The van der Waals surface area contributed by atoms with Crippen LogP contribution in [-0.2, 0) is 32.9 Å². The SMILES string of the molecule is CC(=O)O[C@@H]1[C@H](OC(C)=O)[C@@H](COP(=O)([O-])O)O[C@H]1[n+]1cccc(C(=O)[O-])c1. The average Bonchev–Trinajstić information content (AvgIpc) is 2.89. The molecular formula is C15H17NO11P-.